The molecule has 1 aromatic carbocycles. The number of nitrogens with two attached hydrogens (primary N) is 1. The van der Waals surface area contributed by atoms with Gasteiger partial charge >= 0.3 is 0 Å². The van der Waals surface area contributed by atoms with Crippen molar-refractivity contribution in [2.75, 3.05) is 6.54 Å². The number of nitro groups is 1. The first kappa shape index (κ1) is 15.6. The van der Waals surface area contributed by atoms with Gasteiger partial charge in [-0.2, -0.15) is 0 Å². The van der Waals surface area contributed by atoms with Crippen LogP contribution in [0.4, 0.5) is 5.69 Å². The highest BCUT2D eigenvalue weighted by Gasteiger charge is 2.23. The zero-order valence-corrected chi connectivity index (χ0v) is 11.8. The minimum Gasteiger partial charge on any atom is -0.330 e. The van der Waals surface area contributed by atoms with Crippen LogP contribution in [0.15, 0.2) is 18.2 Å². The molecule has 0 spiro atoms. The number of benzene rings is 1. The van der Waals surface area contributed by atoms with Crippen LogP contribution in [0, 0.1) is 17.0 Å². The van der Waals surface area contributed by atoms with E-state index < -0.39 is 20.0 Å². The Labute approximate surface area is 112 Å². The second kappa shape index (κ2) is 6.12. The maximum absolute atomic E-state index is 12.1. The lowest BCUT2D eigenvalue weighted by atomic mass is 10.1. The lowest BCUT2D eigenvalue weighted by Crippen LogP contribution is -2.23. The van der Waals surface area contributed by atoms with E-state index in [0.29, 0.717) is 24.1 Å². The first-order chi connectivity index (χ1) is 8.79. The smallest absolute Gasteiger partial charge is 0.272 e. The number of rotatable bonds is 6. The summed E-state index contributed by atoms with van der Waals surface area (Å²) in [6.45, 7) is 3.47. The van der Waals surface area contributed by atoms with E-state index in [2.05, 4.69) is 0 Å². The molecule has 0 radical (unpaired) electrons. The molecule has 7 heteroatoms. The van der Waals surface area contributed by atoms with E-state index in [4.69, 9.17) is 5.73 Å². The third-order valence-electron chi connectivity index (χ3n) is 3.16. The molecule has 0 aliphatic carbocycles. The summed E-state index contributed by atoms with van der Waals surface area (Å²) >= 11 is 0. The van der Waals surface area contributed by atoms with Crippen molar-refractivity contribution in [1.29, 1.82) is 0 Å². The van der Waals surface area contributed by atoms with Gasteiger partial charge in [0.1, 0.15) is 0 Å². The van der Waals surface area contributed by atoms with Crippen LogP contribution in [0.2, 0.25) is 0 Å². The molecule has 0 saturated carbocycles. The molecule has 0 aromatic heterocycles. The minimum absolute atomic E-state index is 0.0563. The summed E-state index contributed by atoms with van der Waals surface area (Å²) in [5, 5.41) is 10.3. The molecule has 0 heterocycles. The molecular weight excluding hydrogens is 268 g/mol. The Kier molecular flexibility index (Phi) is 5.02. The molecule has 0 aliphatic heterocycles. The maximum atomic E-state index is 12.1. The third-order valence-corrected chi connectivity index (χ3v) is 5.33. The van der Waals surface area contributed by atoms with Gasteiger partial charge < -0.3 is 5.73 Å². The van der Waals surface area contributed by atoms with Crippen LogP contribution in [0.1, 0.15) is 24.5 Å². The van der Waals surface area contributed by atoms with Gasteiger partial charge in [-0.3, -0.25) is 10.1 Å². The molecule has 0 aliphatic rings. The number of nitrogens with zero attached hydrogens (tertiary/aromatic N) is 1. The average molecular weight is 286 g/mol. The monoisotopic (exact) mass is 286 g/mol. The Hall–Kier alpha value is -1.47. The Morgan fingerprint density at radius 1 is 1.42 bits per heavy atom. The average Bonchev–Trinajstić information content (AvgIpc) is 2.31. The van der Waals surface area contributed by atoms with E-state index >= 15 is 0 Å². The summed E-state index contributed by atoms with van der Waals surface area (Å²) in [5.74, 6) is -0.193. The predicted molar refractivity (Wildman–Crippen MR) is 73.6 cm³/mol. The van der Waals surface area contributed by atoms with Gasteiger partial charge in [0.15, 0.2) is 9.84 Å². The largest absolute Gasteiger partial charge is 0.330 e. The van der Waals surface area contributed by atoms with Gasteiger partial charge in [-0.05, 0) is 32.4 Å². The van der Waals surface area contributed by atoms with Gasteiger partial charge in [-0.1, -0.05) is 12.1 Å². The molecule has 19 heavy (non-hydrogen) atoms. The van der Waals surface area contributed by atoms with E-state index in [1.165, 1.54) is 12.1 Å². The van der Waals surface area contributed by atoms with E-state index in [1.807, 2.05) is 0 Å². The van der Waals surface area contributed by atoms with E-state index in [0.717, 1.165) is 0 Å². The number of hydrogen-bond donors (Lipinski definition) is 1. The van der Waals surface area contributed by atoms with E-state index in [9.17, 15) is 18.5 Å². The summed E-state index contributed by atoms with van der Waals surface area (Å²) in [7, 11) is -3.34. The second-order valence-corrected chi connectivity index (χ2v) is 6.93. The van der Waals surface area contributed by atoms with Crippen molar-refractivity contribution in [2.24, 2.45) is 5.73 Å². The lowest BCUT2D eigenvalue weighted by molar-refractivity contribution is -0.385. The Balaban J connectivity index is 3.07. The highest BCUT2D eigenvalue weighted by atomic mass is 32.2. The first-order valence-electron chi connectivity index (χ1n) is 5.94. The second-order valence-electron chi connectivity index (χ2n) is 4.51. The molecule has 2 N–H and O–H groups in total. The van der Waals surface area contributed by atoms with Crippen LogP contribution >= 0.6 is 0 Å². The van der Waals surface area contributed by atoms with Crippen molar-refractivity contribution in [3.63, 3.8) is 0 Å². The Morgan fingerprint density at radius 2 is 2.05 bits per heavy atom. The van der Waals surface area contributed by atoms with E-state index in [-0.39, 0.29) is 11.4 Å². The van der Waals surface area contributed by atoms with Crippen LogP contribution in [0.3, 0.4) is 0 Å². The number of sulfone groups is 1. The van der Waals surface area contributed by atoms with Crippen molar-refractivity contribution in [3.8, 4) is 0 Å². The van der Waals surface area contributed by atoms with Crippen molar-refractivity contribution >= 4 is 15.5 Å². The fraction of sp³-hybridized carbons (Fsp3) is 0.500. The fourth-order valence-corrected chi connectivity index (χ4v) is 3.32. The molecule has 1 unspecified atom stereocenters. The van der Waals surface area contributed by atoms with Crippen LogP contribution in [0.25, 0.3) is 0 Å². The molecule has 106 valence electrons. The van der Waals surface area contributed by atoms with Gasteiger partial charge in [0.25, 0.3) is 5.69 Å². The topological polar surface area (TPSA) is 103 Å². The molecular formula is C12H18N2O4S. The Bertz CT molecular complexity index is 569. The molecule has 0 saturated heterocycles. The standard InChI is InChI=1S/C12H18N2O4S/c1-9(6-7-13)19(17,18)8-11-4-3-5-12(10(11)2)14(15)16/h3-5,9H,6-8,13H2,1-2H3. The van der Waals surface area contributed by atoms with Crippen molar-refractivity contribution in [2.45, 2.75) is 31.3 Å². The minimum atomic E-state index is -3.34. The van der Waals surface area contributed by atoms with Gasteiger partial charge in [0, 0.05) is 11.6 Å². The fourth-order valence-electron chi connectivity index (χ4n) is 1.80. The number of hydrogen-bond acceptors (Lipinski definition) is 5. The highest BCUT2D eigenvalue weighted by Crippen LogP contribution is 2.24. The molecule has 0 bridgehead atoms. The summed E-state index contributed by atoms with van der Waals surface area (Å²) in [6.07, 6.45) is 0.385. The van der Waals surface area contributed by atoms with Gasteiger partial charge in [0.2, 0.25) is 0 Å². The van der Waals surface area contributed by atoms with Crippen molar-refractivity contribution in [3.05, 3.63) is 39.4 Å². The zero-order chi connectivity index (χ0) is 14.6. The van der Waals surface area contributed by atoms with Crippen LogP contribution in [0.5, 0.6) is 0 Å². The molecule has 1 atom stereocenters. The van der Waals surface area contributed by atoms with Crippen LogP contribution in [-0.4, -0.2) is 25.1 Å². The van der Waals surface area contributed by atoms with Gasteiger partial charge in [-0.15, -0.1) is 0 Å². The maximum Gasteiger partial charge on any atom is 0.272 e. The summed E-state index contributed by atoms with van der Waals surface area (Å²) in [4.78, 5) is 10.3. The SMILES string of the molecule is Cc1c(CS(=O)(=O)C(C)CCN)cccc1[N+](=O)[O-]. The zero-order valence-electron chi connectivity index (χ0n) is 11.0. The predicted octanol–water partition coefficient (Wildman–Crippen LogP) is 1.56. The van der Waals surface area contributed by atoms with Crippen molar-refractivity contribution in [1.82, 2.24) is 0 Å². The molecule has 0 amide bonds. The molecule has 6 nitrogen and oxygen atoms in total. The molecule has 1 aromatic rings. The quantitative estimate of drug-likeness (QED) is 0.631. The molecule has 0 fully saturated rings. The lowest BCUT2D eigenvalue weighted by Gasteiger charge is -2.13. The number of nitro benzene ring substituents is 1. The van der Waals surface area contributed by atoms with E-state index in [1.54, 1.807) is 19.9 Å². The Morgan fingerprint density at radius 3 is 2.58 bits per heavy atom. The van der Waals surface area contributed by atoms with Crippen LogP contribution in [-0.2, 0) is 15.6 Å². The van der Waals surface area contributed by atoms with Gasteiger partial charge in [0.05, 0.1) is 15.9 Å². The normalized spacial score (nSPS) is 13.2. The summed E-state index contributed by atoms with van der Waals surface area (Å²) < 4.78 is 24.2. The first-order valence-corrected chi connectivity index (χ1v) is 7.65. The molecule has 1 rings (SSSR count). The van der Waals surface area contributed by atoms with Gasteiger partial charge in [-0.25, -0.2) is 8.42 Å². The summed E-state index contributed by atoms with van der Waals surface area (Å²) in [5.41, 5.74) is 6.17. The van der Waals surface area contributed by atoms with Crippen LogP contribution < -0.4 is 5.73 Å². The highest BCUT2D eigenvalue weighted by molar-refractivity contribution is 7.91. The van der Waals surface area contributed by atoms with Crippen molar-refractivity contribution < 1.29 is 13.3 Å². The summed E-state index contributed by atoms with van der Waals surface area (Å²) in [6, 6.07) is 4.48. The third kappa shape index (κ3) is 3.74.